The zero-order valence-electron chi connectivity index (χ0n) is 14.3. The van der Waals surface area contributed by atoms with Gasteiger partial charge in [-0.2, -0.15) is 5.10 Å². The van der Waals surface area contributed by atoms with Crippen LogP contribution < -0.4 is 14.9 Å². The highest BCUT2D eigenvalue weighted by Gasteiger charge is 2.10. The highest BCUT2D eigenvalue weighted by atomic mass is 16.5. The highest BCUT2D eigenvalue weighted by Crippen LogP contribution is 2.36. The Hall–Kier alpha value is -3.55. The molecule has 0 saturated heterocycles. The Bertz CT molecular complexity index is 940. The van der Waals surface area contributed by atoms with Crippen molar-refractivity contribution >= 4 is 23.2 Å². The third kappa shape index (κ3) is 3.59. The summed E-state index contributed by atoms with van der Waals surface area (Å²) in [7, 11) is 2.87. The number of aromatic hydroxyl groups is 1. The number of aromatic nitrogens is 2. The number of rotatable bonds is 6. The quantitative estimate of drug-likeness (QED) is 0.520. The number of methoxy groups -OCH3 is 2. The molecule has 1 aromatic heterocycles. The fourth-order valence-corrected chi connectivity index (χ4v) is 2.49. The number of carbonyl (C=O) groups is 1. The van der Waals surface area contributed by atoms with Gasteiger partial charge in [-0.1, -0.05) is 12.1 Å². The SMILES string of the molecule is COc1cc(/C=N\NC(=O)Cn2cnc3ccccc32)cc(OC)c1O. The molecule has 8 heteroatoms. The first kappa shape index (κ1) is 17.3. The Morgan fingerprint density at radius 1 is 1.27 bits per heavy atom. The van der Waals surface area contributed by atoms with Gasteiger partial charge in [0.25, 0.3) is 5.91 Å². The lowest BCUT2D eigenvalue weighted by Gasteiger charge is -2.09. The van der Waals surface area contributed by atoms with Gasteiger partial charge in [-0.15, -0.1) is 0 Å². The number of phenolic OH excluding ortho intramolecular Hbond substituents is 1. The van der Waals surface area contributed by atoms with Crippen LogP contribution >= 0.6 is 0 Å². The first-order valence-corrected chi connectivity index (χ1v) is 7.79. The second kappa shape index (κ2) is 7.56. The molecule has 8 nitrogen and oxygen atoms in total. The van der Waals surface area contributed by atoms with E-state index in [9.17, 15) is 9.90 Å². The van der Waals surface area contributed by atoms with E-state index in [2.05, 4.69) is 15.5 Å². The molecule has 0 radical (unpaired) electrons. The number of carbonyl (C=O) groups excluding carboxylic acids is 1. The number of imidazole rings is 1. The number of para-hydroxylation sites is 2. The van der Waals surface area contributed by atoms with E-state index in [1.165, 1.54) is 20.4 Å². The first-order valence-electron chi connectivity index (χ1n) is 7.79. The summed E-state index contributed by atoms with van der Waals surface area (Å²) in [5.74, 6) is 0.120. The highest BCUT2D eigenvalue weighted by molar-refractivity contribution is 5.85. The van der Waals surface area contributed by atoms with Crippen LogP contribution in [0.15, 0.2) is 47.8 Å². The van der Waals surface area contributed by atoms with Gasteiger partial charge in [0, 0.05) is 5.56 Å². The predicted octanol–water partition coefficient (Wildman–Crippen LogP) is 1.91. The van der Waals surface area contributed by atoms with Gasteiger partial charge in [0.1, 0.15) is 6.54 Å². The molecule has 3 rings (SSSR count). The van der Waals surface area contributed by atoms with Crippen molar-refractivity contribution < 1.29 is 19.4 Å². The molecule has 134 valence electrons. The Morgan fingerprint density at radius 2 is 1.96 bits per heavy atom. The topological polar surface area (TPSA) is 98.0 Å². The van der Waals surface area contributed by atoms with Gasteiger partial charge in [0.2, 0.25) is 5.75 Å². The average molecular weight is 354 g/mol. The molecule has 0 atom stereocenters. The number of fused-ring (bicyclic) bond motifs is 1. The number of hydrogen-bond acceptors (Lipinski definition) is 6. The summed E-state index contributed by atoms with van der Waals surface area (Å²) < 4.78 is 11.9. The molecule has 0 bridgehead atoms. The van der Waals surface area contributed by atoms with E-state index >= 15 is 0 Å². The maximum absolute atomic E-state index is 12.1. The Balaban J connectivity index is 1.67. The number of hydrazone groups is 1. The number of hydrogen-bond donors (Lipinski definition) is 2. The number of nitrogens with one attached hydrogen (secondary N) is 1. The van der Waals surface area contributed by atoms with Gasteiger partial charge in [-0.05, 0) is 24.3 Å². The summed E-state index contributed by atoms with van der Waals surface area (Å²) in [5, 5.41) is 13.8. The van der Waals surface area contributed by atoms with Crippen LogP contribution in [0.3, 0.4) is 0 Å². The third-order valence-electron chi connectivity index (χ3n) is 3.75. The molecule has 0 aliphatic heterocycles. The molecule has 0 fully saturated rings. The first-order chi connectivity index (χ1) is 12.6. The monoisotopic (exact) mass is 354 g/mol. The number of amides is 1. The minimum Gasteiger partial charge on any atom is -0.502 e. The van der Waals surface area contributed by atoms with Crippen LogP contribution in [-0.4, -0.2) is 41.0 Å². The number of phenols is 1. The van der Waals surface area contributed by atoms with Crippen LogP contribution in [-0.2, 0) is 11.3 Å². The van der Waals surface area contributed by atoms with Crippen molar-refractivity contribution in [1.29, 1.82) is 0 Å². The predicted molar refractivity (Wildman–Crippen MR) is 96.7 cm³/mol. The zero-order valence-corrected chi connectivity index (χ0v) is 14.3. The van der Waals surface area contributed by atoms with Crippen molar-refractivity contribution in [3.63, 3.8) is 0 Å². The van der Waals surface area contributed by atoms with E-state index in [-0.39, 0.29) is 29.7 Å². The van der Waals surface area contributed by atoms with Crippen LogP contribution in [0.5, 0.6) is 17.2 Å². The molecule has 3 aromatic rings. The summed E-state index contributed by atoms with van der Waals surface area (Å²) in [5.41, 5.74) is 4.76. The van der Waals surface area contributed by atoms with Gasteiger partial charge < -0.3 is 19.1 Å². The van der Waals surface area contributed by atoms with Crippen molar-refractivity contribution in [2.75, 3.05) is 14.2 Å². The summed E-state index contributed by atoms with van der Waals surface area (Å²) in [4.78, 5) is 16.3. The molecule has 2 N–H and O–H groups in total. The van der Waals surface area contributed by atoms with E-state index in [0.717, 1.165) is 11.0 Å². The van der Waals surface area contributed by atoms with Crippen LogP contribution in [0.4, 0.5) is 0 Å². The Kier molecular flexibility index (Phi) is 5.02. The molecule has 2 aromatic carbocycles. The average Bonchev–Trinajstić information content (AvgIpc) is 3.05. The van der Waals surface area contributed by atoms with Gasteiger partial charge in [0.05, 0.1) is 37.8 Å². The Labute approximate surface area is 149 Å². The minimum atomic E-state index is -0.290. The molecule has 1 amide bonds. The summed E-state index contributed by atoms with van der Waals surface area (Å²) in [6.45, 7) is 0.0973. The summed E-state index contributed by atoms with van der Waals surface area (Å²) in [6.07, 6.45) is 3.05. The third-order valence-corrected chi connectivity index (χ3v) is 3.75. The van der Waals surface area contributed by atoms with Crippen molar-refractivity contribution in [3.8, 4) is 17.2 Å². The summed E-state index contributed by atoms with van der Waals surface area (Å²) >= 11 is 0. The van der Waals surface area contributed by atoms with Crippen LogP contribution in [0.2, 0.25) is 0 Å². The van der Waals surface area contributed by atoms with Crippen LogP contribution in [0.25, 0.3) is 11.0 Å². The standard InChI is InChI=1S/C18H18N4O4/c1-25-15-7-12(8-16(26-2)18(15)24)9-20-21-17(23)10-22-11-19-13-5-3-4-6-14(13)22/h3-9,11,24H,10H2,1-2H3,(H,21,23)/b20-9-. The van der Waals surface area contributed by atoms with Gasteiger partial charge >= 0.3 is 0 Å². The van der Waals surface area contributed by atoms with E-state index in [1.54, 1.807) is 23.0 Å². The second-order valence-electron chi connectivity index (χ2n) is 5.43. The molecule has 0 aliphatic carbocycles. The molecule has 0 aliphatic rings. The maximum atomic E-state index is 12.1. The smallest absolute Gasteiger partial charge is 0.260 e. The van der Waals surface area contributed by atoms with Gasteiger partial charge in [0.15, 0.2) is 11.5 Å². The molecule has 0 spiro atoms. The van der Waals surface area contributed by atoms with E-state index < -0.39 is 0 Å². The van der Waals surface area contributed by atoms with Gasteiger partial charge in [-0.25, -0.2) is 10.4 Å². The molecular weight excluding hydrogens is 336 g/mol. The number of ether oxygens (including phenoxy) is 2. The fraction of sp³-hybridized carbons (Fsp3) is 0.167. The normalized spacial score (nSPS) is 11.0. The Morgan fingerprint density at radius 3 is 2.65 bits per heavy atom. The molecule has 0 saturated carbocycles. The second-order valence-corrected chi connectivity index (χ2v) is 5.43. The minimum absolute atomic E-state index is 0.0943. The molecular formula is C18H18N4O4. The lowest BCUT2D eigenvalue weighted by atomic mass is 10.2. The van der Waals surface area contributed by atoms with Crippen LogP contribution in [0.1, 0.15) is 5.56 Å². The fourth-order valence-electron chi connectivity index (χ4n) is 2.49. The molecule has 1 heterocycles. The van der Waals surface area contributed by atoms with Gasteiger partial charge in [-0.3, -0.25) is 4.79 Å². The zero-order chi connectivity index (χ0) is 18.5. The lowest BCUT2D eigenvalue weighted by Crippen LogP contribution is -2.22. The van der Waals surface area contributed by atoms with E-state index in [4.69, 9.17) is 9.47 Å². The number of nitrogens with zero attached hydrogens (tertiary/aromatic N) is 3. The van der Waals surface area contributed by atoms with Crippen molar-refractivity contribution in [2.24, 2.45) is 5.10 Å². The molecule has 0 unspecified atom stereocenters. The number of benzene rings is 2. The van der Waals surface area contributed by atoms with E-state index in [1.807, 2.05) is 24.3 Å². The van der Waals surface area contributed by atoms with Crippen molar-refractivity contribution in [1.82, 2.24) is 15.0 Å². The van der Waals surface area contributed by atoms with Crippen molar-refractivity contribution in [3.05, 3.63) is 48.3 Å². The maximum Gasteiger partial charge on any atom is 0.260 e. The summed E-state index contributed by atoms with van der Waals surface area (Å²) in [6, 6.07) is 10.7. The van der Waals surface area contributed by atoms with E-state index in [0.29, 0.717) is 5.56 Å². The van der Waals surface area contributed by atoms with Crippen molar-refractivity contribution in [2.45, 2.75) is 6.54 Å². The van der Waals surface area contributed by atoms with Crippen LogP contribution in [0, 0.1) is 0 Å². The largest absolute Gasteiger partial charge is 0.502 e. The lowest BCUT2D eigenvalue weighted by molar-refractivity contribution is -0.121. The molecule has 26 heavy (non-hydrogen) atoms.